The van der Waals surface area contributed by atoms with E-state index in [0.717, 1.165) is 12.5 Å². The highest BCUT2D eigenvalue weighted by Crippen LogP contribution is 2.17. The summed E-state index contributed by atoms with van der Waals surface area (Å²) in [4.78, 5) is 0. The van der Waals surface area contributed by atoms with Crippen LogP contribution in [-0.4, -0.2) is 54.5 Å². The second-order valence-electron chi connectivity index (χ2n) is 4.00. The molecule has 115 valence electrons. The molecule has 0 aromatic carbocycles. The van der Waals surface area contributed by atoms with Crippen LogP contribution in [0, 0.1) is 0 Å². The minimum Gasteiger partial charge on any atom is -0.374 e. The van der Waals surface area contributed by atoms with Gasteiger partial charge in [0, 0.05) is 25.9 Å². The minimum absolute atomic E-state index is 0.0556. The van der Waals surface area contributed by atoms with E-state index in [1.54, 1.807) is 0 Å². The Morgan fingerprint density at radius 1 is 1.16 bits per heavy atom. The fourth-order valence-corrected chi connectivity index (χ4v) is 4.12. The molecule has 0 saturated carbocycles. The smallest absolute Gasteiger partial charge is 0.374 e. The van der Waals surface area contributed by atoms with Crippen LogP contribution in [0.4, 0.5) is 0 Å². The van der Waals surface area contributed by atoms with Crippen LogP contribution in [0.1, 0.15) is 27.2 Å². The number of nitrogens with two attached hydrogens (primary N) is 1. The Hall–Kier alpha value is -0.0231. The van der Waals surface area contributed by atoms with Crippen LogP contribution in [0.25, 0.3) is 0 Å². The molecule has 0 aliphatic carbocycles. The van der Waals surface area contributed by atoms with E-state index in [0.29, 0.717) is 33.0 Å². The molecule has 1 heterocycles. The van der Waals surface area contributed by atoms with Gasteiger partial charge in [-0.15, -0.1) is 0 Å². The van der Waals surface area contributed by atoms with Crippen molar-refractivity contribution < 1.29 is 23.1 Å². The van der Waals surface area contributed by atoms with Crippen molar-refractivity contribution in [2.45, 2.75) is 39.3 Å². The molecule has 1 atom stereocenters. The molecule has 0 bridgehead atoms. The van der Waals surface area contributed by atoms with E-state index < -0.39 is 8.80 Å². The lowest BCUT2D eigenvalue weighted by molar-refractivity contribution is 0.0710. The topological polar surface area (TPSA) is 86.1 Å². The third-order valence-corrected chi connectivity index (χ3v) is 5.52. The van der Waals surface area contributed by atoms with E-state index in [9.17, 15) is 5.11 Å². The van der Waals surface area contributed by atoms with Gasteiger partial charge in [0.1, 0.15) is 12.7 Å². The molecule has 1 saturated heterocycles. The van der Waals surface area contributed by atoms with Crippen LogP contribution in [0.5, 0.6) is 0 Å². The van der Waals surface area contributed by atoms with Crippen molar-refractivity contribution in [3.8, 4) is 0 Å². The van der Waals surface area contributed by atoms with Gasteiger partial charge >= 0.3 is 8.80 Å². The monoisotopic (exact) mass is 294 g/mol. The van der Waals surface area contributed by atoms with Crippen molar-refractivity contribution in [1.82, 2.24) is 0 Å². The van der Waals surface area contributed by atoms with E-state index in [1.165, 1.54) is 0 Å². The van der Waals surface area contributed by atoms with Gasteiger partial charge in [-0.1, -0.05) is 0 Å². The molecule has 1 fully saturated rings. The Morgan fingerprint density at radius 2 is 1.63 bits per heavy atom. The summed E-state index contributed by atoms with van der Waals surface area (Å²) < 4.78 is 21.5. The summed E-state index contributed by atoms with van der Waals surface area (Å²) in [6.07, 6.45) is 0.974. The van der Waals surface area contributed by atoms with E-state index in [1.807, 2.05) is 20.8 Å². The number of ether oxygens (including phenoxy) is 1. The molecule has 2 N–H and O–H groups in total. The van der Waals surface area contributed by atoms with Crippen LogP contribution in [0.15, 0.2) is 0 Å². The van der Waals surface area contributed by atoms with E-state index in [2.05, 4.69) is 4.74 Å². The predicted molar refractivity (Wildman–Crippen MR) is 74.4 cm³/mol. The molecule has 1 unspecified atom stereocenters. The zero-order valence-corrected chi connectivity index (χ0v) is 13.4. The largest absolute Gasteiger partial charge is 0.500 e. The Labute approximate surface area is 117 Å². The zero-order valence-electron chi connectivity index (χ0n) is 12.4. The first-order valence-corrected chi connectivity index (χ1v) is 8.92. The third kappa shape index (κ3) is 9.50. The first-order chi connectivity index (χ1) is 9.17. The molecular formula is C12H28NO5Si. The van der Waals surface area contributed by atoms with Crippen LogP contribution >= 0.6 is 0 Å². The Balaban J connectivity index is 0.000000532. The maximum atomic E-state index is 9.57. The highest BCUT2D eigenvalue weighted by Gasteiger charge is 2.39. The maximum Gasteiger partial charge on any atom is 0.500 e. The van der Waals surface area contributed by atoms with Gasteiger partial charge in [0.15, 0.2) is 0 Å². The first-order valence-electron chi connectivity index (χ1n) is 6.99. The van der Waals surface area contributed by atoms with Gasteiger partial charge in [0.2, 0.25) is 0 Å². The third-order valence-electron chi connectivity index (χ3n) is 2.37. The maximum absolute atomic E-state index is 9.57. The molecule has 0 spiro atoms. The molecule has 0 aromatic rings. The SMILES string of the molecule is CCO[Si](CCCN)(OCC)OCC.[O]CC1CO1. The van der Waals surface area contributed by atoms with Gasteiger partial charge in [0.05, 0.1) is 6.61 Å². The van der Waals surface area contributed by atoms with E-state index in [-0.39, 0.29) is 12.7 Å². The lowest BCUT2D eigenvalue weighted by Gasteiger charge is -2.28. The number of hydrogen-bond acceptors (Lipinski definition) is 5. The molecule has 1 aliphatic heterocycles. The van der Waals surface area contributed by atoms with Crippen LogP contribution < -0.4 is 5.73 Å². The lowest BCUT2D eigenvalue weighted by atomic mass is 10.5. The minimum atomic E-state index is -2.40. The van der Waals surface area contributed by atoms with Crippen molar-refractivity contribution >= 4 is 8.80 Å². The van der Waals surface area contributed by atoms with Gasteiger partial charge in [-0.3, -0.25) is 0 Å². The van der Waals surface area contributed by atoms with Crippen LogP contribution in [0.3, 0.4) is 0 Å². The average Bonchev–Trinajstić information content (AvgIpc) is 3.22. The summed E-state index contributed by atoms with van der Waals surface area (Å²) in [7, 11) is -2.40. The Bertz CT molecular complexity index is 188. The van der Waals surface area contributed by atoms with Gasteiger partial charge in [-0.05, 0) is 33.7 Å². The van der Waals surface area contributed by atoms with Crippen LogP contribution in [0.2, 0.25) is 6.04 Å². The molecule has 1 aliphatic rings. The van der Waals surface area contributed by atoms with Crippen LogP contribution in [-0.2, 0) is 23.1 Å². The number of rotatable bonds is 10. The Kier molecular flexibility index (Phi) is 11.8. The van der Waals surface area contributed by atoms with E-state index >= 15 is 0 Å². The van der Waals surface area contributed by atoms with Crippen molar-refractivity contribution in [3.05, 3.63) is 0 Å². The summed E-state index contributed by atoms with van der Waals surface area (Å²) in [5.74, 6) is 0. The lowest BCUT2D eigenvalue weighted by Crippen LogP contribution is -2.46. The van der Waals surface area contributed by atoms with Crippen molar-refractivity contribution in [1.29, 1.82) is 0 Å². The summed E-state index contributed by atoms with van der Waals surface area (Å²) in [6, 6.07) is 0.818. The van der Waals surface area contributed by atoms with Gasteiger partial charge < -0.3 is 23.7 Å². The summed E-state index contributed by atoms with van der Waals surface area (Å²) in [6.45, 7) is 9.09. The van der Waals surface area contributed by atoms with Gasteiger partial charge in [0.25, 0.3) is 0 Å². The fraction of sp³-hybridized carbons (Fsp3) is 1.00. The molecule has 6 nitrogen and oxygen atoms in total. The molecule has 19 heavy (non-hydrogen) atoms. The first kappa shape index (κ1) is 19.0. The summed E-state index contributed by atoms with van der Waals surface area (Å²) in [5, 5.41) is 9.57. The molecule has 0 aromatic heterocycles. The summed E-state index contributed by atoms with van der Waals surface area (Å²) in [5.41, 5.74) is 5.48. The normalized spacial score (nSPS) is 17.8. The van der Waals surface area contributed by atoms with E-state index in [4.69, 9.17) is 19.0 Å². The fourth-order valence-electron chi connectivity index (χ4n) is 1.48. The predicted octanol–water partition coefficient (Wildman–Crippen LogP) is 1.20. The summed E-state index contributed by atoms with van der Waals surface area (Å²) >= 11 is 0. The zero-order chi connectivity index (χ0) is 14.6. The van der Waals surface area contributed by atoms with Crippen molar-refractivity contribution in [2.75, 3.05) is 39.6 Å². The van der Waals surface area contributed by atoms with Crippen molar-refractivity contribution in [3.63, 3.8) is 0 Å². The Morgan fingerprint density at radius 3 is 1.84 bits per heavy atom. The van der Waals surface area contributed by atoms with Crippen molar-refractivity contribution in [2.24, 2.45) is 5.73 Å². The standard InChI is InChI=1S/C9H23NO3Si.C3H5O2/c1-4-11-14(12-5-2,13-6-3)9-7-8-10;4-1-3-2-5-3/h4-10H2,1-3H3;3H,1-2H2. The molecule has 1 rings (SSSR count). The number of hydrogen-bond donors (Lipinski definition) is 1. The molecule has 0 amide bonds. The van der Waals surface area contributed by atoms with Gasteiger partial charge in [-0.25, -0.2) is 5.11 Å². The number of epoxide rings is 1. The molecule has 1 radical (unpaired) electrons. The molecule has 7 heteroatoms. The quantitative estimate of drug-likeness (QED) is 0.483. The molecular weight excluding hydrogens is 266 g/mol. The van der Waals surface area contributed by atoms with Gasteiger partial charge in [-0.2, -0.15) is 0 Å². The highest BCUT2D eigenvalue weighted by molar-refractivity contribution is 6.60. The second kappa shape index (κ2) is 11.8. The second-order valence-corrected chi connectivity index (χ2v) is 6.73. The highest BCUT2D eigenvalue weighted by atomic mass is 28.4. The average molecular weight is 294 g/mol.